The Morgan fingerprint density at radius 1 is 1.00 bits per heavy atom. The van der Waals surface area contributed by atoms with Crippen LogP contribution in [0, 0.1) is 0 Å². The predicted octanol–water partition coefficient (Wildman–Crippen LogP) is 1.19. The molecule has 3 rings (SSSR count). The minimum atomic E-state index is 0.582. The smallest absolute Gasteiger partial charge is 0.252 e. The molecule has 0 saturated carbocycles. The first-order valence-electron chi connectivity index (χ1n) is 4.52. The number of rotatable bonds is 1. The van der Waals surface area contributed by atoms with E-state index in [2.05, 4.69) is 20.1 Å². The molecule has 72 valence electrons. The molecule has 3 aromatic rings. The Morgan fingerprint density at radius 3 is 2.73 bits per heavy atom. The van der Waals surface area contributed by atoms with E-state index in [0.717, 1.165) is 5.69 Å². The van der Waals surface area contributed by atoms with Gasteiger partial charge in [-0.25, -0.2) is 9.50 Å². The Hall–Kier alpha value is -2.30. The molecule has 0 radical (unpaired) electrons. The average molecular weight is 197 g/mol. The van der Waals surface area contributed by atoms with E-state index in [1.807, 2.05) is 30.5 Å². The molecular weight excluding hydrogens is 190 g/mol. The number of hydrogen-bond donors (Lipinski definition) is 0. The quantitative estimate of drug-likeness (QED) is 0.588. The normalized spacial score (nSPS) is 10.7. The molecule has 0 saturated heterocycles. The largest absolute Gasteiger partial charge is 0.253 e. The van der Waals surface area contributed by atoms with Gasteiger partial charge in [0, 0.05) is 18.6 Å². The van der Waals surface area contributed by atoms with Crippen molar-refractivity contribution in [2.45, 2.75) is 0 Å². The van der Waals surface area contributed by atoms with Gasteiger partial charge in [-0.2, -0.15) is 4.98 Å². The zero-order valence-corrected chi connectivity index (χ0v) is 7.78. The summed E-state index contributed by atoms with van der Waals surface area (Å²) in [5.74, 6) is 1.17. The fourth-order valence-electron chi connectivity index (χ4n) is 1.34. The fourth-order valence-corrected chi connectivity index (χ4v) is 1.34. The van der Waals surface area contributed by atoms with E-state index < -0.39 is 0 Å². The highest BCUT2D eigenvalue weighted by atomic mass is 15.3. The third-order valence-electron chi connectivity index (χ3n) is 2.01. The lowest BCUT2D eigenvalue weighted by molar-refractivity contribution is 0.940. The standard InChI is InChI=1S/C10H7N5/c1-2-5-11-8(4-1)9-13-10-12-6-3-7-15(10)14-9/h1-7H. The minimum absolute atomic E-state index is 0.582. The first-order valence-corrected chi connectivity index (χ1v) is 4.52. The highest BCUT2D eigenvalue weighted by Gasteiger charge is 2.06. The summed E-state index contributed by atoms with van der Waals surface area (Å²) in [5, 5.41) is 4.26. The van der Waals surface area contributed by atoms with Gasteiger partial charge in [0.1, 0.15) is 5.69 Å². The van der Waals surface area contributed by atoms with Gasteiger partial charge in [0.05, 0.1) is 0 Å². The summed E-state index contributed by atoms with van der Waals surface area (Å²) in [6.45, 7) is 0. The lowest BCUT2D eigenvalue weighted by Crippen LogP contribution is -1.87. The molecule has 15 heavy (non-hydrogen) atoms. The van der Waals surface area contributed by atoms with Crippen LogP contribution >= 0.6 is 0 Å². The van der Waals surface area contributed by atoms with Crippen LogP contribution in [0.5, 0.6) is 0 Å². The number of pyridine rings is 1. The van der Waals surface area contributed by atoms with E-state index >= 15 is 0 Å². The van der Waals surface area contributed by atoms with Gasteiger partial charge in [-0.15, -0.1) is 5.10 Å². The summed E-state index contributed by atoms with van der Waals surface area (Å²) in [6, 6.07) is 7.44. The van der Waals surface area contributed by atoms with Crippen molar-refractivity contribution in [2.24, 2.45) is 0 Å². The molecule has 5 nitrogen and oxygen atoms in total. The molecular formula is C10H7N5. The molecule has 0 bridgehead atoms. The molecule has 0 spiro atoms. The van der Waals surface area contributed by atoms with Crippen molar-refractivity contribution in [1.29, 1.82) is 0 Å². The number of aromatic nitrogens is 5. The molecule has 0 aliphatic carbocycles. The van der Waals surface area contributed by atoms with Crippen LogP contribution in [0.4, 0.5) is 0 Å². The lowest BCUT2D eigenvalue weighted by Gasteiger charge is -1.89. The molecule has 0 aliphatic heterocycles. The topological polar surface area (TPSA) is 56.0 Å². The minimum Gasteiger partial charge on any atom is -0.253 e. The second-order valence-electron chi connectivity index (χ2n) is 3.01. The van der Waals surface area contributed by atoms with Crippen LogP contribution in [0.2, 0.25) is 0 Å². The van der Waals surface area contributed by atoms with Gasteiger partial charge < -0.3 is 0 Å². The number of hydrogen-bond acceptors (Lipinski definition) is 4. The Kier molecular flexibility index (Phi) is 1.68. The van der Waals surface area contributed by atoms with E-state index in [1.54, 1.807) is 16.9 Å². The number of nitrogens with zero attached hydrogens (tertiary/aromatic N) is 5. The Morgan fingerprint density at radius 2 is 1.93 bits per heavy atom. The van der Waals surface area contributed by atoms with E-state index in [9.17, 15) is 0 Å². The highest BCUT2D eigenvalue weighted by Crippen LogP contribution is 2.10. The summed E-state index contributed by atoms with van der Waals surface area (Å²) < 4.78 is 1.63. The van der Waals surface area contributed by atoms with Crippen molar-refractivity contribution >= 4 is 5.78 Å². The van der Waals surface area contributed by atoms with Gasteiger partial charge in [0.15, 0.2) is 0 Å². The van der Waals surface area contributed by atoms with Crippen LogP contribution in [-0.4, -0.2) is 24.6 Å². The van der Waals surface area contributed by atoms with Crippen molar-refractivity contribution in [3.63, 3.8) is 0 Å². The Labute approximate surface area is 85.5 Å². The predicted molar refractivity (Wildman–Crippen MR) is 54.0 cm³/mol. The summed E-state index contributed by atoms with van der Waals surface area (Å²) in [6.07, 6.45) is 5.21. The maximum absolute atomic E-state index is 4.26. The summed E-state index contributed by atoms with van der Waals surface area (Å²) >= 11 is 0. The van der Waals surface area contributed by atoms with E-state index in [-0.39, 0.29) is 0 Å². The second kappa shape index (κ2) is 3.13. The van der Waals surface area contributed by atoms with Gasteiger partial charge in [-0.3, -0.25) is 4.98 Å². The van der Waals surface area contributed by atoms with Crippen LogP contribution in [0.25, 0.3) is 17.3 Å². The van der Waals surface area contributed by atoms with Crippen molar-refractivity contribution in [1.82, 2.24) is 24.6 Å². The molecule has 0 N–H and O–H groups in total. The molecule has 5 heteroatoms. The zero-order valence-electron chi connectivity index (χ0n) is 7.78. The van der Waals surface area contributed by atoms with Crippen molar-refractivity contribution in [3.05, 3.63) is 42.9 Å². The van der Waals surface area contributed by atoms with E-state index in [0.29, 0.717) is 11.6 Å². The highest BCUT2D eigenvalue weighted by molar-refractivity contribution is 5.50. The average Bonchev–Trinajstić information content (AvgIpc) is 2.74. The molecule has 0 aromatic carbocycles. The van der Waals surface area contributed by atoms with Crippen molar-refractivity contribution in [3.8, 4) is 11.5 Å². The van der Waals surface area contributed by atoms with Gasteiger partial charge >= 0.3 is 0 Å². The van der Waals surface area contributed by atoms with Crippen LogP contribution in [0.3, 0.4) is 0 Å². The fraction of sp³-hybridized carbons (Fsp3) is 0. The van der Waals surface area contributed by atoms with Gasteiger partial charge in [0.25, 0.3) is 5.78 Å². The molecule has 0 atom stereocenters. The summed E-state index contributed by atoms with van der Waals surface area (Å²) in [5.41, 5.74) is 0.753. The zero-order chi connectivity index (χ0) is 10.1. The molecule has 0 unspecified atom stereocenters. The molecule has 3 aromatic heterocycles. The number of fused-ring (bicyclic) bond motifs is 1. The Bertz CT molecular complexity index is 554. The molecule has 0 amide bonds. The van der Waals surface area contributed by atoms with E-state index in [4.69, 9.17) is 0 Å². The van der Waals surface area contributed by atoms with Crippen LogP contribution < -0.4 is 0 Å². The summed E-state index contributed by atoms with van der Waals surface area (Å²) in [4.78, 5) is 12.5. The molecule has 0 aliphatic rings. The van der Waals surface area contributed by atoms with Crippen LogP contribution in [0.1, 0.15) is 0 Å². The first-order chi connectivity index (χ1) is 7.43. The monoisotopic (exact) mass is 197 g/mol. The summed E-state index contributed by atoms with van der Waals surface area (Å²) in [7, 11) is 0. The van der Waals surface area contributed by atoms with E-state index in [1.165, 1.54) is 0 Å². The third-order valence-corrected chi connectivity index (χ3v) is 2.01. The molecule has 3 heterocycles. The lowest BCUT2D eigenvalue weighted by atomic mass is 10.3. The maximum atomic E-state index is 4.26. The third kappa shape index (κ3) is 1.34. The molecule has 0 fully saturated rings. The second-order valence-corrected chi connectivity index (χ2v) is 3.01. The SMILES string of the molecule is c1ccc(-c2nc3ncccn3n2)nc1. The van der Waals surface area contributed by atoms with Gasteiger partial charge in [0.2, 0.25) is 5.82 Å². The van der Waals surface area contributed by atoms with Crippen molar-refractivity contribution in [2.75, 3.05) is 0 Å². The van der Waals surface area contributed by atoms with Crippen LogP contribution in [0.15, 0.2) is 42.9 Å². The Balaban J connectivity index is 2.21. The van der Waals surface area contributed by atoms with Crippen LogP contribution in [-0.2, 0) is 0 Å². The first kappa shape index (κ1) is 8.05. The maximum Gasteiger partial charge on any atom is 0.252 e. The van der Waals surface area contributed by atoms with Gasteiger partial charge in [-0.1, -0.05) is 6.07 Å². The van der Waals surface area contributed by atoms with Crippen molar-refractivity contribution < 1.29 is 0 Å². The van der Waals surface area contributed by atoms with Gasteiger partial charge in [-0.05, 0) is 18.2 Å².